The highest BCUT2D eigenvalue weighted by Crippen LogP contribution is 2.29. The zero-order valence-corrected chi connectivity index (χ0v) is 17.9. The van der Waals surface area contributed by atoms with Crippen molar-refractivity contribution in [2.24, 2.45) is 11.8 Å². The minimum absolute atomic E-state index is 0.0675. The minimum Gasteiger partial charge on any atom is -0.496 e. The van der Waals surface area contributed by atoms with Crippen LogP contribution in [0.3, 0.4) is 0 Å². The first-order chi connectivity index (χ1) is 12.0. The Balaban J connectivity index is 2.16. The lowest BCUT2D eigenvalue weighted by atomic mass is 9.92. The summed E-state index contributed by atoms with van der Waals surface area (Å²) in [5, 5.41) is 0. The molecule has 0 bridgehead atoms. The van der Waals surface area contributed by atoms with Crippen LogP contribution in [-0.4, -0.2) is 58.0 Å². The summed E-state index contributed by atoms with van der Waals surface area (Å²) in [6, 6.07) is 4.19. The Hall–Kier alpha value is -1.15. The highest BCUT2D eigenvalue weighted by atomic mass is 32.2. The lowest BCUT2D eigenvalue weighted by molar-refractivity contribution is 0.295. The summed E-state index contributed by atoms with van der Waals surface area (Å²) in [5.41, 5.74) is 3.59. The van der Waals surface area contributed by atoms with Gasteiger partial charge in [0, 0.05) is 39.8 Å². The van der Waals surface area contributed by atoms with Gasteiger partial charge in [0.1, 0.15) is 5.75 Å². The number of ether oxygens (including phenoxy) is 1. The predicted octanol–water partition coefficient (Wildman–Crippen LogP) is 2.16. The molecule has 2 rings (SSSR count). The summed E-state index contributed by atoms with van der Waals surface area (Å²) < 4.78 is 34.1. The van der Waals surface area contributed by atoms with Crippen molar-refractivity contribution in [2.75, 3.05) is 34.3 Å². The number of methoxy groups -OCH3 is 1. The largest absolute Gasteiger partial charge is 0.496 e. The van der Waals surface area contributed by atoms with Gasteiger partial charge in [0.2, 0.25) is 0 Å². The molecular formula is C19H33N3O3S. The first-order valence-electron chi connectivity index (χ1n) is 9.11. The normalized spacial score (nSPS) is 21.7. The molecule has 0 spiro atoms. The van der Waals surface area contributed by atoms with Crippen LogP contribution in [0.5, 0.6) is 5.75 Å². The Kier molecular flexibility index (Phi) is 6.71. The van der Waals surface area contributed by atoms with Gasteiger partial charge in [-0.3, -0.25) is 4.90 Å². The van der Waals surface area contributed by atoms with Gasteiger partial charge in [-0.05, 0) is 48.4 Å². The van der Waals surface area contributed by atoms with Crippen LogP contribution in [0.1, 0.15) is 30.5 Å². The molecule has 1 aliphatic rings. The van der Waals surface area contributed by atoms with Crippen LogP contribution < -0.4 is 9.46 Å². The average Bonchev–Trinajstić information content (AvgIpc) is 2.92. The maximum absolute atomic E-state index is 12.3. The maximum Gasteiger partial charge on any atom is 0.279 e. The number of benzene rings is 1. The molecule has 1 saturated heterocycles. The average molecular weight is 384 g/mol. The topological polar surface area (TPSA) is 61.9 Å². The Labute approximate surface area is 158 Å². The van der Waals surface area contributed by atoms with Crippen molar-refractivity contribution < 1.29 is 13.2 Å². The zero-order chi connectivity index (χ0) is 19.6. The summed E-state index contributed by atoms with van der Waals surface area (Å²) in [7, 11) is 1.38. The highest BCUT2D eigenvalue weighted by Gasteiger charge is 2.37. The first kappa shape index (κ1) is 21.2. The van der Waals surface area contributed by atoms with Crippen molar-refractivity contribution in [3.8, 4) is 5.75 Å². The number of nitrogens with zero attached hydrogens (tertiary/aromatic N) is 2. The molecule has 6 nitrogen and oxygen atoms in total. The maximum atomic E-state index is 12.3. The van der Waals surface area contributed by atoms with Gasteiger partial charge in [-0.25, -0.2) is 0 Å². The third-order valence-electron chi connectivity index (χ3n) is 5.33. The molecule has 7 heteroatoms. The Morgan fingerprint density at radius 1 is 1.23 bits per heavy atom. The van der Waals surface area contributed by atoms with Crippen LogP contribution in [0, 0.1) is 25.7 Å². The molecule has 1 aromatic rings. The molecule has 1 fully saturated rings. The molecular weight excluding hydrogens is 350 g/mol. The molecule has 0 aliphatic carbocycles. The van der Waals surface area contributed by atoms with Crippen LogP contribution in [0.25, 0.3) is 0 Å². The molecule has 0 amide bonds. The van der Waals surface area contributed by atoms with Gasteiger partial charge < -0.3 is 4.74 Å². The number of hydrogen-bond donors (Lipinski definition) is 1. The third kappa shape index (κ3) is 4.76. The molecule has 26 heavy (non-hydrogen) atoms. The van der Waals surface area contributed by atoms with Crippen LogP contribution in [0.2, 0.25) is 0 Å². The first-order valence-corrected chi connectivity index (χ1v) is 10.6. The van der Waals surface area contributed by atoms with Crippen molar-refractivity contribution in [2.45, 2.75) is 40.3 Å². The Morgan fingerprint density at radius 3 is 2.42 bits per heavy atom. The van der Waals surface area contributed by atoms with E-state index in [1.807, 2.05) is 0 Å². The van der Waals surface area contributed by atoms with Crippen LogP contribution in [-0.2, 0) is 16.8 Å². The number of likely N-dealkylation sites (tertiary alicyclic amines) is 1. The fourth-order valence-corrected chi connectivity index (χ4v) is 4.46. The summed E-state index contributed by atoms with van der Waals surface area (Å²) in [4.78, 5) is 2.35. The molecule has 2 atom stereocenters. The molecule has 2 unspecified atom stereocenters. The number of nitrogens with one attached hydrogen (secondary N) is 1. The molecule has 148 valence electrons. The summed E-state index contributed by atoms with van der Waals surface area (Å²) in [5.74, 6) is 1.61. The SMILES string of the molecule is COc1cc(C)c(CN2CC(NS(=O)(=O)N(C)C)C(C(C)C)C2)cc1C. The van der Waals surface area contributed by atoms with E-state index in [2.05, 4.69) is 49.4 Å². The summed E-state index contributed by atoms with van der Waals surface area (Å²) in [6.07, 6.45) is 0. The van der Waals surface area contributed by atoms with Crippen LogP contribution in [0.15, 0.2) is 12.1 Å². The molecule has 1 aliphatic heterocycles. The Morgan fingerprint density at radius 2 is 1.88 bits per heavy atom. The van der Waals surface area contributed by atoms with E-state index in [0.29, 0.717) is 11.8 Å². The lowest BCUT2D eigenvalue weighted by Gasteiger charge is -2.24. The van der Waals surface area contributed by atoms with Crippen molar-refractivity contribution in [3.63, 3.8) is 0 Å². The molecule has 1 aromatic carbocycles. The van der Waals surface area contributed by atoms with Gasteiger partial charge >= 0.3 is 0 Å². The van der Waals surface area contributed by atoms with Crippen LogP contribution >= 0.6 is 0 Å². The van der Waals surface area contributed by atoms with E-state index in [1.54, 1.807) is 21.2 Å². The van der Waals surface area contributed by atoms with Crippen molar-refractivity contribution in [1.82, 2.24) is 13.9 Å². The summed E-state index contributed by atoms with van der Waals surface area (Å²) in [6.45, 7) is 10.9. The number of aryl methyl sites for hydroxylation is 2. The van der Waals surface area contributed by atoms with E-state index in [1.165, 1.54) is 15.4 Å². The molecule has 1 heterocycles. The van der Waals surface area contributed by atoms with Gasteiger partial charge in [0.15, 0.2) is 0 Å². The second kappa shape index (κ2) is 8.25. The third-order valence-corrected chi connectivity index (χ3v) is 6.89. The van der Waals surface area contributed by atoms with Crippen LogP contribution in [0.4, 0.5) is 0 Å². The minimum atomic E-state index is -3.43. The molecule has 0 saturated carbocycles. The lowest BCUT2D eigenvalue weighted by Crippen LogP contribution is -2.46. The van der Waals surface area contributed by atoms with Crippen molar-refractivity contribution in [3.05, 3.63) is 28.8 Å². The molecule has 1 N–H and O–H groups in total. The zero-order valence-electron chi connectivity index (χ0n) is 17.0. The van der Waals surface area contributed by atoms with E-state index in [-0.39, 0.29) is 6.04 Å². The monoisotopic (exact) mass is 383 g/mol. The van der Waals surface area contributed by atoms with Gasteiger partial charge in [0.05, 0.1) is 7.11 Å². The molecule has 0 aromatic heterocycles. The second-order valence-electron chi connectivity index (χ2n) is 7.86. The van der Waals surface area contributed by atoms with Gasteiger partial charge in [0.25, 0.3) is 10.2 Å². The van der Waals surface area contributed by atoms with Gasteiger partial charge in [-0.1, -0.05) is 19.9 Å². The standard InChI is InChI=1S/C19H33N3O3S/c1-13(2)17-11-22(12-18(17)20-26(23,24)21(5)6)10-16-8-15(4)19(25-7)9-14(16)3/h8-9,13,17-18,20H,10-12H2,1-7H3. The summed E-state index contributed by atoms with van der Waals surface area (Å²) >= 11 is 0. The van der Waals surface area contributed by atoms with Crippen molar-refractivity contribution in [1.29, 1.82) is 0 Å². The van der Waals surface area contributed by atoms with Gasteiger partial charge in [-0.2, -0.15) is 17.4 Å². The van der Waals surface area contributed by atoms with E-state index < -0.39 is 10.2 Å². The highest BCUT2D eigenvalue weighted by molar-refractivity contribution is 7.87. The number of rotatable bonds is 7. The quantitative estimate of drug-likeness (QED) is 0.784. The van der Waals surface area contributed by atoms with Gasteiger partial charge in [-0.15, -0.1) is 0 Å². The van der Waals surface area contributed by atoms with E-state index in [4.69, 9.17) is 4.74 Å². The number of hydrogen-bond acceptors (Lipinski definition) is 4. The smallest absolute Gasteiger partial charge is 0.279 e. The second-order valence-corrected chi connectivity index (χ2v) is 9.78. The fourth-order valence-electron chi connectivity index (χ4n) is 3.62. The van der Waals surface area contributed by atoms with E-state index in [0.717, 1.165) is 30.9 Å². The van der Waals surface area contributed by atoms with E-state index >= 15 is 0 Å². The Bertz CT molecular complexity index is 732. The fraction of sp³-hybridized carbons (Fsp3) is 0.684. The van der Waals surface area contributed by atoms with Crippen molar-refractivity contribution >= 4 is 10.2 Å². The predicted molar refractivity (Wildman–Crippen MR) is 106 cm³/mol. The molecule has 0 radical (unpaired) electrons. The van der Waals surface area contributed by atoms with E-state index in [9.17, 15) is 8.42 Å².